The van der Waals surface area contributed by atoms with Gasteiger partial charge in [0, 0.05) is 0 Å². The molecule has 0 atom stereocenters. The minimum Gasteiger partial charge on any atom is -0.204 e. The van der Waals surface area contributed by atoms with Crippen LogP contribution in [0.5, 0.6) is 0 Å². The van der Waals surface area contributed by atoms with E-state index in [4.69, 9.17) is 0 Å². The number of benzene rings is 1. The van der Waals surface area contributed by atoms with Crippen molar-refractivity contribution in [2.24, 2.45) is 5.18 Å². The maximum Gasteiger partial charge on any atom is 0.179 e. The molecule has 2 nitrogen and oxygen atoms in total. The molecular formula is C7H5F2NO. The van der Waals surface area contributed by atoms with Crippen LogP contribution in [-0.4, -0.2) is 0 Å². The Morgan fingerprint density at radius 1 is 1.27 bits per heavy atom. The lowest BCUT2D eigenvalue weighted by molar-refractivity contribution is 0.585. The Kier molecular flexibility index (Phi) is 1.94. The molecule has 0 saturated heterocycles. The molecule has 0 fully saturated rings. The van der Waals surface area contributed by atoms with Gasteiger partial charge < -0.3 is 0 Å². The van der Waals surface area contributed by atoms with Crippen LogP contribution in [0.15, 0.2) is 17.3 Å². The molecule has 0 aliphatic carbocycles. The largest absolute Gasteiger partial charge is 0.204 e. The third kappa shape index (κ3) is 1.39. The molecule has 0 spiro atoms. The van der Waals surface area contributed by atoms with Gasteiger partial charge in [-0.15, -0.1) is 4.91 Å². The van der Waals surface area contributed by atoms with E-state index in [0.29, 0.717) is 5.56 Å². The molecule has 0 radical (unpaired) electrons. The highest BCUT2D eigenvalue weighted by Gasteiger charge is 2.09. The second-order valence-electron chi connectivity index (χ2n) is 2.17. The van der Waals surface area contributed by atoms with E-state index < -0.39 is 17.3 Å². The Bertz CT molecular complexity index is 275. The minimum absolute atomic E-state index is 0.424. The molecule has 58 valence electrons. The van der Waals surface area contributed by atoms with Crippen LogP contribution in [0.25, 0.3) is 0 Å². The Labute approximate surface area is 61.8 Å². The molecule has 11 heavy (non-hydrogen) atoms. The third-order valence-corrected chi connectivity index (χ3v) is 1.25. The molecule has 0 aliphatic rings. The van der Waals surface area contributed by atoms with Gasteiger partial charge in [-0.3, -0.25) is 0 Å². The van der Waals surface area contributed by atoms with Crippen LogP contribution in [0.2, 0.25) is 0 Å². The SMILES string of the molecule is Cc1cc(F)c(N=O)c(F)c1. The fourth-order valence-corrected chi connectivity index (χ4v) is 0.779. The summed E-state index contributed by atoms with van der Waals surface area (Å²) in [6.07, 6.45) is 0. The first-order valence-electron chi connectivity index (χ1n) is 2.94. The van der Waals surface area contributed by atoms with E-state index >= 15 is 0 Å². The summed E-state index contributed by atoms with van der Waals surface area (Å²) in [5.74, 6) is -1.84. The van der Waals surface area contributed by atoms with E-state index in [0.717, 1.165) is 12.1 Å². The number of nitroso groups, excluding NO2 is 1. The average molecular weight is 157 g/mol. The Morgan fingerprint density at radius 3 is 2.09 bits per heavy atom. The van der Waals surface area contributed by atoms with Crippen LogP contribution in [0.3, 0.4) is 0 Å². The number of aryl methyl sites for hydroxylation is 1. The fraction of sp³-hybridized carbons (Fsp3) is 0.143. The normalized spacial score (nSPS) is 9.73. The zero-order valence-corrected chi connectivity index (χ0v) is 5.77. The van der Waals surface area contributed by atoms with Gasteiger partial charge in [0.2, 0.25) is 0 Å². The van der Waals surface area contributed by atoms with Crippen molar-refractivity contribution in [2.45, 2.75) is 6.92 Å². The van der Waals surface area contributed by atoms with Crippen LogP contribution in [0, 0.1) is 23.5 Å². The second kappa shape index (κ2) is 2.74. The molecule has 1 aromatic rings. The van der Waals surface area contributed by atoms with E-state index in [2.05, 4.69) is 5.18 Å². The van der Waals surface area contributed by atoms with Gasteiger partial charge in [0.05, 0.1) is 0 Å². The molecule has 1 aromatic carbocycles. The topological polar surface area (TPSA) is 29.4 Å². The number of hydrogen-bond donors (Lipinski definition) is 0. The highest BCUT2D eigenvalue weighted by atomic mass is 19.1. The molecular weight excluding hydrogens is 152 g/mol. The van der Waals surface area contributed by atoms with Crippen molar-refractivity contribution in [3.63, 3.8) is 0 Å². The highest BCUT2D eigenvalue weighted by molar-refractivity contribution is 5.41. The van der Waals surface area contributed by atoms with Gasteiger partial charge in [-0.2, -0.15) is 0 Å². The summed E-state index contributed by atoms with van der Waals surface area (Å²) >= 11 is 0. The summed E-state index contributed by atoms with van der Waals surface area (Å²) < 4.78 is 25.2. The van der Waals surface area contributed by atoms with Gasteiger partial charge in [-0.1, -0.05) is 0 Å². The molecule has 0 saturated carbocycles. The summed E-state index contributed by atoms with van der Waals surface area (Å²) in [6, 6.07) is 2.11. The van der Waals surface area contributed by atoms with Crippen molar-refractivity contribution < 1.29 is 8.78 Å². The maximum atomic E-state index is 12.6. The first kappa shape index (κ1) is 7.78. The summed E-state index contributed by atoms with van der Waals surface area (Å²) in [5, 5.41) is 2.21. The van der Waals surface area contributed by atoms with Crippen molar-refractivity contribution in [2.75, 3.05) is 0 Å². The molecule has 0 aromatic heterocycles. The van der Waals surface area contributed by atoms with E-state index in [1.807, 2.05) is 0 Å². The summed E-state index contributed by atoms with van der Waals surface area (Å²) in [4.78, 5) is 9.83. The standard InChI is InChI=1S/C7H5F2NO/c1-4-2-5(8)7(10-11)6(9)3-4/h2-3H,1H3. The van der Waals surface area contributed by atoms with Crippen molar-refractivity contribution in [3.8, 4) is 0 Å². The first-order chi connectivity index (χ1) is 5.15. The Balaban J connectivity index is 3.36. The summed E-state index contributed by atoms with van der Waals surface area (Å²) in [6.45, 7) is 1.53. The van der Waals surface area contributed by atoms with E-state index in [1.54, 1.807) is 0 Å². The molecule has 0 aliphatic heterocycles. The lowest BCUT2D eigenvalue weighted by Gasteiger charge is -1.96. The van der Waals surface area contributed by atoms with Gasteiger partial charge in [0.25, 0.3) is 0 Å². The number of hydrogen-bond acceptors (Lipinski definition) is 2. The van der Waals surface area contributed by atoms with Crippen LogP contribution < -0.4 is 0 Å². The Hall–Kier alpha value is -1.32. The fourth-order valence-electron chi connectivity index (χ4n) is 0.779. The average Bonchev–Trinajstić information content (AvgIpc) is 1.85. The third-order valence-electron chi connectivity index (χ3n) is 1.25. The number of rotatable bonds is 1. The quantitative estimate of drug-likeness (QED) is 0.576. The lowest BCUT2D eigenvalue weighted by atomic mass is 10.2. The van der Waals surface area contributed by atoms with Crippen LogP contribution >= 0.6 is 0 Å². The lowest BCUT2D eigenvalue weighted by Crippen LogP contribution is -1.83. The predicted molar refractivity (Wildman–Crippen MR) is 36.6 cm³/mol. The van der Waals surface area contributed by atoms with Gasteiger partial charge in [-0.05, 0) is 29.8 Å². The van der Waals surface area contributed by atoms with Crippen molar-refractivity contribution in [1.82, 2.24) is 0 Å². The van der Waals surface area contributed by atoms with E-state index in [9.17, 15) is 13.7 Å². The molecule has 4 heteroatoms. The number of nitrogens with zero attached hydrogens (tertiary/aromatic N) is 1. The smallest absolute Gasteiger partial charge is 0.179 e. The molecule has 0 N–H and O–H groups in total. The second-order valence-corrected chi connectivity index (χ2v) is 2.17. The zero-order chi connectivity index (χ0) is 8.43. The number of halogens is 2. The predicted octanol–water partition coefficient (Wildman–Crippen LogP) is 2.67. The molecule has 0 bridgehead atoms. The van der Waals surface area contributed by atoms with Gasteiger partial charge in [0.1, 0.15) is 0 Å². The van der Waals surface area contributed by atoms with Crippen molar-refractivity contribution in [3.05, 3.63) is 34.2 Å². The van der Waals surface area contributed by atoms with Gasteiger partial charge >= 0.3 is 0 Å². The van der Waals surface area contributed by atoms with E-state index in [-0.39, 0.29) is 0 Å². The minimum atomic E-state index is -0.919. The Morgan fingerprint density at radius 2 is 1.73 bits per heavy atom. The highest BCUT2D eigenvalue weighted by Crippen LogP contribution is 2.22. The van der Waals surface area contributed by atoms with Crippen molar-refractivity contribution in [1.29, 1.82) is 0 Å². The van der Waals surface area contributed by atoms with Gasteiger partial charge in [-0.25, -0.2) is 8.78 Å². The molecule has 0 unspecified atom stereocenters. The molecule has 0 heterocycles. The molecule has 1 rings (SSSR count). The summed E-state index contributed by atoms with van der Waals surface area (Å²) in [5.41, 5.74) is -0.331. The van der Waals surface area contributed by atoms with Crippen LogP contribution in [0.4, 0.5) is 14.5 Å². The van der Waals surface area contributed by atoms with E-state index in [1.165, 1.54) is 6.92 Å². The zero-order valence-electron chi connectivity index (χ0n) is 5.77. The summed E-state index contributed by atoms with van der Waals surface area (Å²) in [7, 11) is 0. The maximum absolute atomic E-state index is 12.6. The van der Waals surface area contributed by atoms with Crippen LogP contribution in [0.1, 0.15) is 5.56 Å². The molecule has 0 amide bonds. The monoisotopic (exact) mass is 157 g/mol. The van der Waals surface area contributed by atoms with Crippen LogP contribution in [-0.2, 0) is 0 Å². The first-order valence-corrected chi connectivity index (χ1v) is 2.94. The van der Waals surface area contributed by atoms with Gasteiger partial charge in [0.15, 0.2) is 17.3 Å². The van der Waals surface area contributed by atoms with Crippen molar-refractivity contribution >= 4 is 5.69 Å².